The number of benzene rings is 1. The van der Waals surface area contributed by atoms with Gasteiger partial charge in [0.05, 0.1) is 40.8 Å². The Morgan fingerprint density at radius 3 is 2.55 bits per heavy atom. The summed E-state index contributed by atoms with van der Waals surface area (Å²) in [5.74, 6) is 1.24. The summed E-state index contributed by atoms with van der Waals surface area (Å²) in [6, 6.07) is 6.55. The van der Waals surface area contributed by atoms with Crippen LogP contribution in [0.4, 0.5) is 5.69 Å². The highest BCUT2D eigenvalue weighted by molar-refractivity contribution is 5.95. The summed E-state index contributed by atoms with van der Waals surface area (Å²) in [5.41, 5.74) is 5.54. The lowest BCUT2D eigenvalue weighted by Gasteiger charge is -2.48. The summed E-state index contributed by atoms with van der Waals surface area (Å²) in [7, 11) is 0. The number of piperazine rings is 1. The van der Waals surface area contributed by atoms with Gasteiger partial charge in [-0.3, -0.25) is 4.79 Å². The molecule has 174 valence electrons. The van der Waals surface area contributed by atoms with Crippen LogP contribution in [0.3, 0.4) is 0 Å². The fourth-order valence-corrected chi connectivity index (χ4v) is 5.52. The third-order valence-electron chi connectivity index (χ3n) is 7.48. The number of carbonyl (C=O) groups excluding carboxylic acids is 1. The van der Waals surface area contributed by atoms with E-state index in [1.165, 1.54) is 29.5 Å². The van der Waals surface area contributed by atoms with Crippen LogP contribution in [0.2, 0.25) is 0 Å². The Morgan fingerprint density at radius 1 is 1.18 bits per heavy atom. The Balaban J connectivity index is 1.50. The second-order valence-corrected chi connectivity index (χ2v) is 11.0. The first kappa shape index (κ1) is 22.0. The maximum absolute atomic E-state index is 13.3. The molecule has 3 aliphatic rings. The third kappa shape index (κ3) is 3.83. The number of anilines is 1. The Bertz CT molecular complexity index is 1150. The lowest BCUT2D eigenvalue weighted by Crippen LogP contribution is -2.61. The van der Waals surface area contributed by atoms with E-state index in [1.54, 1.807) is 12.3 Å². The number of amides is 1. The zero-order chi connectivity index (χ0) is 23.5. The van der Waals surface area contributed by atoms with Gasteiger partial charge in [0, 0.05) is 26.1 Å². The summed E-state index contributed by atoms with van der Waals surface area (Å²) in [4.78, 5) is 17.5. The summed E-state index contributed by atoms with van der Waals surface area (Å²) >= 11 is 0. The topological polar surface area (TPSA) is 69.7 Å². The monoisotopic (exact) mass is 447 g/mol. The quantitative estimate of drug-likeness (QED) is 0.667. The van der Waals surface area contributed by atoms with Crippen molar-refractivity contribution in [1.82, 2.24) is 4.90 Å². The van der Waals surface area contributed by atoms with Gasteiger partial charge in [0.15, 0.2) is 0 Å². The molecule has 0 spiro atoms. The van der Waals surface area contributed by atoms with Crippen molar-refractivity contribution in [1.29, 1.82) is 5.26 Å². The number of furan rings is 1. The van der Waals surface area contributed by atoms with E-state index in [1.807, 2.05) is 11.8 Å². The third-order valence-corrected chi connectivity index (χ3v) is 7.48. The van der Waals surface area contributed by atoms with E-state index in [9.17, 15) is 10.1 Å². The molecule has 2 aromatic rings. The summed E-state index contributed by atoms with van der Waals surface area (Å²) in [6.45, 7) is 12.8. The average Bonchev–Trinajstić information content (AvgIpc) is 3.50. The molecule has 1 saturated heterocycles. The lowest BCUT2D eigenvalue weighted by atomic mass is 9.83. The molecule has 0 N–H and O–H groups in total. The molecular formula is C27H33N3O3. The average molecular weight is 448 g/mol. The molecule has 0 radical (unpaired) electrons. The van der Waals surface area contributed by atoms with Crippen LogP contribution in [0.5, 0.6) is 0 Å². The minimum Gasteiger partial charge on any atom is -0.469 e. The predicted octanol–water partition coefficient (Wildman–Crippen LogP) is 4.93. The van der Waals surface area contributed by atoms with Crippen LogP contribution < -0.4 is 4.90 Å². The summed E-state index contributed by atoms with van der Waals surface area (Å²) in [5, 5.41) is 10.3. The van der Waals surface area contributed by atoms with E-state index in [0.717, 1.165) is 17.7 Å². The molecule has 6 heteroatoms. The van der Waals surface area contributed by atoms with Gasteiger partial charge in [-0.15, -0.1) is 0 Å². The SMILES string of the molecule is Cc1occc1C(=O)N1CCN(c2cc(C3CC3)c3c(c2C#N)CC(C)(C)OC3)CC1(C)C. The van der Waals surface area contributed by atoms with Crippen molar-refractivity contribution in [3.8, 4) is 6.07 Å². The van der Waals surface area contributed by atoms with E-state index in [0.29, 0.717) is 43.5 Å². The number of hydrogen-bond acceptors (Lipinski definition) is 5. The number of carbonyl (C=O) groups is 1. The normalized spacial score (nSPS) is 21.5. The Morgan fingerprint density at radius 2 is 1.94 bits per heavy atom. The van der Waals surface area contributed by atoms with Gasteiger partial charge in [0.25, 0.3) is 5.91 Å². The first-order valence-corrected chi connectivity index (χ1v) is 11.9. The molecule has 2 aliphatic heterocycles. The minimum atomic E-state index is -0.385. The van der Waals surface area contributed by atoms with Crippen LogP contribution >= 0.6 is 0 Å². The molecule has 5 rings (SSSR count). The molecule has 1 aromatic heterocycles. The van der Waals surface area contributed by atoms with E-state index < -0.39 is 0 Å². The second-order valence-electron chi connectivity index (χ2n) is 11.0. The number of aryl methyl sites for hydroxylation is 1. The van der Waals surface area contributed by atoms with Gasteiger partial charge in [-0.25, -0.2) is 0 Å². The number of fused-ring (bicyclic) bond motifs is 1. The number of hydrogen-bond donors (Lipinski definition) is 0. The van der Waals surface area contributed by atoms with Crippen LogP contribution in [0, 0.1) is 18.3 Å². The number of nitriles is 1. The van der Waals surface area contributed by atoms with Crippen molar-refractivity contribution in [2.45, 2.75) is 77.5 Å². The van der Waals surface area contributed by atoms with E-state index in [4.69, 9.17) is 9.15 Å². The van der Waals surface area contributed by atoms with Gasteiger partial charge in [0.2, 0.25) is 0 Å². The van der Waals surface area contributed by atoms with E-state index in [2.05, 4.69) is 44.7 Å². The Labute approximate surface area is 196 Å². The van der Waals surface area contributed by atoms with Crippen LogP contribution in [-0.2, 0) is 17.8 Å². The molecule has 0 unspecified atom stereocenters. The molecule has 3 heterocycles. The van der Waals surface area contributed by atoms with Crippen LogP contribution in [0.1, 0.15) is 84.8 Å². The number of nitrogens with zero attached hydrogens (tertiary/aromatic N) is 3. The van der Waals surface area contributed by atoms with Crippen molar-refractivity contribution in [2.75, 3.05) is 24.5 Å². The smallest absolute Gasteiger partial charge is 0.257 e. The fraction of sp³-hybridized carbons (Fsp3) is 0.556. The number of ether oxygens (including phenoxy) is 1. The summed E-state index contributed by atoms with van der Waals surface area (Å²) < 4.78 is 11.5. The molecule has 33 heavy (non-hydrogen) atoms. The molecule has 2 fully saturated rings. The molecule has 0 bridgehead atoms. The van der Waals surface area contributed by atoms with Crippen LogP contribution in [0.25, 0.3) is 0 Å². The molecule has 1 amide bonds. The van der Waals surface area contributed by atoms with Crippen molar-refractivity contribution in [3.05, 3.63) is 52.0 Å². The largest absolute Gasteiger partial charge is 0.469 e. The first-order chi connectivity index (χ1) is 15.6. The van der Waals surface area contributed by atoms with Crippen molar-refractivity contribution < 1.29 is 13.9 Å². The van der Waals surface area contributed by atoms with Gasteiger partial charge in [-0.05, 0) is 82.2 Å². The highest BCUT2D eigenvalue weighted by atomic mass is 16.5. The van der Waals surface area contributed by atoms with Crippen LogP contribution in [-0.4, -0.2) is 41.6 Å². The van der Waals surface area contributed by atoms with E-state index in [-0.39, 0.29) is 17.0 Å². The van der Waals surface area contributed by atoms with Crippen molar-refractivity contribution in [3.63, 3.8) is 0 Å². The minimum absolute atomic E-state index is 0.00872. The molecule has 1 aromatic carbocycles. The highest BCUT2D eigenvalue weighted by Gasteiger charge is 2.41. The molecule has 6 nitrogen and oxygen atoms in total. The van der Waals surface area contributed by atoms with Gasteiger partial charge >= 0.3 is 0 Å². The van der Waals surface area contributed by atoms with Gasteiger partial charge in [0.1, 0.15) is 11.8 Å². The highest BCUT2D eigenvalue weighted by Crippen LogP contribution is 2.47. The maximum atomic E-state index is 13.3. The van der Waals surface area contributed by atoms with Gasteiger partial charge in [-0.1, -0.05) is 0 Å². The molecule has 1 aliphatic carbocycles. The van der Waals surface area contributed by atoms with Crippen LogP contribution in [0.15, 0.2) is 22.8 Å². The molecular weight excluding hydrogens is 414 g/mol. The maximum Gasteiger partial charge on any atom is 0.257 e. The zero-order valence-electron chi connectivity index (χ0n) is 20.3. The summed E-state index contributed by atoms with van der Waals surface area (Å²) in [6.07, 6.45) is 4.74. The van der Waals surface area contributed by atoms with Gasteiger partial charge < -0.3 is 19.0 Å². The predicted molar refractivity (Wildman–Crippen MR) is 126 cm³/mol. The Kier molecular flexibility index (Phi) is 5.10. The van der Waals surface area contributed by atoms with Crippen molar-refractivity contribution >= 4 is 11.6 Å². The zero-order valence-corrected chi connectivity index (χ0v) is 20.3. The molecule has 1 saturated carbocycles. The standard InChI is InChI=1S/C27H33N3O3/c1-17-19(8-11-32-17)25(31)30-10-9-29(16-26(30,2)3)24-12-20(18-6-7-18)23-15-33-27(4,5)13-21(23)22(24)14-28/h8,11-12,18H,6-7,9-10,13,15-16H2,1-5H3. The van der Waals surface area contributed by atoms with Crippen molar-refractivity contribution in [2.24, 2.45) is 0 Å². The van der Waals surface area contributed by atoms with E-state index >= 15 is 0 Å². The number of rotatable bonds is 3. The fourth-order valence-electron chi connectivity index (χ4n) is 5.52. The van der Waals surface area contributed by atoms with Gasteiger partial charge in [-0.2, -0.15) is 5.26 Å². The second kappa shape index (κ2) is 7.63. The Hall–Kier alpha value is -2.78. The molecule has 0 atom stereocenters. The lowest BCUT2D eigenvalue weighted by molar-refractivity contribution is -0.0405. The first-order valence-electron chi connectivity index (χ1n) is 11.9.